The summed E-state index contributed by atoms with van der Waals surface area (Å²) in [6.07, 6.45) is 8.05. The minimum atomic E-state index is -1.19. The Morgan fingerprint density at radius 1 is 1.71 bits per heavy atom. The molecule has 1 aliphatic carbocycles. The monoisotopic (exact) mass is 196 g/mol. The first-order valence-corrected chi connectivity index (χ1v) is 4.89. The Morgan fingerprint density at radius 3 is 3.00 bits per heavy atom. The van der Waals surface area contributed by atoms with Crippen LogP contribution in [-0.2, 0) is 4.74 Å². The zero-order chi connectivity index (χ0) is 10.4. The standard InChI is InChI=1S/C11H16O3/c1-2-6-10(14-11(12)13)9-7-4-3-5-8-9/h2-4,9-10H,1,5-8H2,(H,12,13). The van der Waals surface area contributed by atoms with E-state index in [0.29, 0.717) is 12.3 Å². The summed E-state index contributed by atoms with van der Waals surface area (Å²) in [6.45, 7) is 3.61. The lowest BCUT2D eigenvalue weighted by molar-refractivity contribution is 0.0237. The van der Waals surface area contributed by atoms with E-state index >= 15 is 0 Å². The molecule has 0 aromatic heterocycles. The second-order valence-electron chi connectivity index (χ2n) is 3.49. The Hall–Kier alpha value is -1.25. The van der Waals surface area contributed by atoms with Crippen LogP contribution < -0.4 is 0 Å². The minimum absolute atomic E-state index is 0.227. The summed E-state index contributed by atoms with van der Waals surface area (Å²) in [7, 11) is 0. The first-order chi connectivity index (χ1) is 6.74. The third-order valence-electron chi connectivity index (χ3n) is 2.49. The van der Waals surface area contributed by atoms with Crippen molar-refractivity contribution in [3.63, 3.8) is 0 Å². The predicted molar refractivity (Wildman–Crippen MR) is 54.2 cm³/mol. The highest BCUT2D eigenvalue weighted by Gasteiger charge is 2.23. The number of carbonyl (C=O) groups is 1. The van der Waals surface area contributed by atoms with Crippen molar-refractivity contribution in [2.24, 2.45) is 5.92 Å². The van der Waals surface area contributed by atoms with E-state index in [2.05, 4.69) is 18.7 Å². The third kappa shape index (κ3) is 3.24. The van der Waals surface area contributed by atoms with Crippen LogP contribution in [0.5, 0.6) is 0 Å². The lowest BCUT2D eigenvalue weighted by atomic mass is 9.88. The van der Waals surface area contributed by atoms with E-state index in [4.69, 9.17) is 9.84 Å². The highest BCUT2D eigenvalue weighted by molar-refractivity contribution is 5.57. The van der Waals surface area contributed by atoms with E-state index in [1.165, 1.54) is 0 Å². The number of hydrogen-bond acceptors (Lipinski definition) is 2. The van der Waals surface area contributed by atoms with Gasteiger partial charge < -0.3 is 9.84 Å². The summed E-state index contributed by atoms with van der Waals surface area (Å²) in [5.74, 6) is 0.314. The number of ether oxygens (including phenoxy) is 1. The summed E-state index contributed by atoms with van der Waals surface area (Å²) < 4.78 is 4.84. The maximum Gasteiger partial charge on any atom is 0.506 e. The fraction of sp³-hybridized carbons (Fsp3) is 0.545. The fourth-order valence-electron chi connectivity index (χ4n) is 1.79. The van der Waals surface area contributed by atoms with E-state index < -0.39 is 6.16 Å². The topological polar surface area (TPSA) is 46.5 Å². The van der Waals surface area contributed by atoms with Gasteiger partial charge in [0.2, 0.25) is 0 Å². The Bertz CT molecular complexity index is 233. The molecule has 0 saturated carbocycles. The summed E-state index contributed by atoms with van der Waals surface area (Å²) in [6, 6.07) is 0. The molecule has 0 heterocycles. The van der Waals surface area contributed by atoms with Crippen molar-refractivity contribution in [2.75, 3.05) is 0 Å². The van der Waals surface area contributed by atoms with Crippen molar-refractivity contribution < 1.29 is 14.6 Å². The van der Waals surface area contributed by atoms with Crippen LogP contribution >= 0.6 is 0 Å². The van der Waals surface area contributed by atoms with E-state index in [1.54, 1.807) is 6.08 Å². The summed E-state index contributed by atoms with van der Waals surface area (Å²) in [5, 5.41) is 8.57. The molecule has 2 atom stereocenters. The Kier molecular flexibility index (Phi) is 4.23. The highest BCUT2D eigenvalue weighted by Crippen LogP contribution is 2.25. The van der Waals surface area contributed by atoms with Crippen molar-refractivity contribution in [1.29, 1.82) is 0 Å². The fourth-order valence-corrected chi connectivity index (χ4v) is 1.79. The van der Waals surface area contributed by atoms with Crippen LogP contribution in [0.1, 0.15) is 25.7 Å². The molecule has 0 saturated heterocycles. The molecule has 1 aliphatic rings. The van der Waals surface area contributed by atoms with Crippen LogP contribution in [-0.4, -0.2) is 17.4 Å². The van der Waals surface area contributed by atoms with E-state index in [9.17, 15) is 4.79 Å². The molecule has 3 nitrogen and oxygen atoms in total. The van der Waals surface area contributed by atoms with E-state index in [0.717, 1.165) is 19.3 Å². The van der Waals surface area contributed by atoms with Gasteiger partial charge in [0.15, 0.2) is 0 Å². The van der Waals surface area contributed by atoms with Crippen molar-refractivity contribution in [3.8, 4) is 0 Å². The lowest BCUT2D eigenvalue weighted by Gasteiger charge is -2.25. The van der Waals surface area contributed by atoms with Gasteiger partial charge in [0, 0.05) is 12.3 Å². The average molecular weight is 196 g/mol. The molecule has 1 rings (SSSR count). The molecule has 0 aliphatic heterocycles. The first kappa shape index (κ1) is 10.8. The molecule has 2 unspecified atom stereocenters. The van der Waals surface area contributed by atoms with Crippen molar-refractivity contribution in [2.45, 2.75) is 31.8 Å². The quantitative estimate of drug-likeness (QED) is 0.555. The SMILES string of the molecule is C=CCC(OC(=O)O)C1CC=CCC1. The maximum absolute atomic E-state index is 10.5. The van der Waals surface area contributed by atoms with Gasteiger partial charge in [-0.1, -0.05) is 18.2 Å². The first-order valence-electron chi connectivity index (χ1n) is 4.89. The van der Waals surface area contributed by atoms with Crippen LogP contribution in [0.15, 0.2) is 24.8 Å². The molecule has 0 aromatic rings. The van der Waals surface area contributed by atoms with E-state index in [1.807, 2.05) is 0 Å². The lowest BCUT2D eigenvalue weighted by Crippen LogP contribution is -2.26. The predicted octanol–water partition coefficient (Wildman–Crippen LogP) is 2.98. The average Bonchev–Trinajstić information content (AvgIpc) is 2.18. The van der Waals surface area contributed by atoms with Gasteiger partial charge in [-0.15, -0.1) is 6.58 Å². The van der Waals surface area contributed by atoms with Gasteiger partial charge in [-0.05, 0) is 19.3 Å². The zero-order valence-corrected chi connectivity index (χ0v) is 8.19. The van der Waals surface area contributed by atoms with Crippen molar-refractivity contribution >= 4 is 6.16 Å². The number of carboxylic acid groups (broad SMARTS) is 1. The largest absolute Gasteiger partial charge is 0.506 e. The summed E-state index contributed by atoms with van der Waals surface area (Å²) >= 11 is 0. The van der Waals surface area contributed by atoms with Crippen molar-refractivity contribution in [3.05, 3.63) is 24.8 Å². The second-order valence-corrected chi connectivity index (χ2v) is 3.49. The molecule has 0 spiro atoms. The number of allylic oxidation sites excluding steroid dienone is 2. The van der Waals surface area contributed by atoms with E-state index in [-0.39, 0.29) is 6.10 Å². The van der Waals surface area contributed by atoms with Crippen LogP contribution in [0.3, 0.4) is 0 Å². The third-order valence-corrected chi connectivity index (χ3v) is 2.49. The van der Waals surface area contributed by atoms with Gasteiger partial charge in [-0.3, -0.25) is 0 Å². The van der Waals surface area contributed by atoms with Crippen molar-refractivity contribution in [1.82, 2.24) is 0 Å². The molecule has 0 radical (unpaired) electrons. The minimum Gasteiger partial charge on any atom is -0.450 e. The molecule has 78 valence electrons. The van der Waals surface area contributed by atoms with Crippen LogP contribution in [0, 0.1) is 5.92 Å². The molecule has 0 fully saturated rings. The van der Waals surface area contributed by atoms with Gasteiger partial charge in [-0.2, -0.15) is 0 Å². The molecular weight excluding hydrogens is 180 g/mol. The van der Waals surface area contributed by atoms with Crippen LogP contribution in [0.4, 0.5) is 4.79 Å². The molecule has 0 bridgehead atoms. The molecular formula is C11H16O3. The second kappa shape index (κ2) is 5.47. The van der Waals surface area contributed by atoms with Gasteiger partial charge >= 0.3 is 6.16 Å². The summed E-state index contributed by atoms with van der Waals surface area (Å²) in [4.78, 5) is 10.5. The van der Waals surface area contributed by atoms with Gasteiger partial charge in [0.05, 0.1) is 0 Å². The Morgan fingerprint density at radius 2 is 2.50 bits per heavy atom. The molecule has 0 aromatic carbocycles. The number of rotatable bonds is 4. The molecule has 3 heteroatoms. The molecule has 0 amide bonds. The Balaban J connectivity index is 2.51. The number of hydrogen-bond donors (Lipinski definition) is 1. The van der Waals surface area contributed by atoms with Gasteiger partial charge in [0.25, 0.3) is 0 Å². The van der Waals surface area contributed by atoms with Gasteiger partial charge in [-0.25, -0.2) is 4.79 Å². The summed E-state index contributed by atoms with van der Waals surface area (Å²) in [5.41, 5.74) is 0. The van der Waals surface area contributed by atoms with Crippen LogP contribution in [0.2, 0.25) is 0 Å². The van der Waals surface area contributed by atoms with Gasteiger partial charge in [0.1, 0.15) is 6.10 Å². The smallest absolute Gasteiger partial charge is 0.450 e. The molecule has 14 heavy (non-hydrogen) atoms. The normalized spacial score (nSPS) is 22.7. The molecule has 1 N–H and O–H groups in total. The Labute approximate surface area is 84.1 Å². The zero-order valence-electron chi connectivity index (χ0n) is 8.19. The van der Waals surface area contributed by atoms with Crippen LogP contribution in [0.25, 0.3) is 0 Å². The maximum atomic E-state index is 10.5. The highest BCUT2D eigenvalue weighted by atomic mass is 16.7.